The molecule has 0 aliphatic carbocycles. The molecular formula is C14H13N3O2. The molecular weight excluding hydrogens is 242 g/mol. The standard InChI is InChI=1S/C14H13N3O2/c15-13(18)11-6-3-4-9(12(11)14(16)19)8-10-5-1-2-7-17-10/h1-7H,8H2,(H2,15,18)(H2,16,19). The fourth-order valence-corrected chi connectivity index (χ4v) is 1.94. The van der Waals surface area contributed by atoms with Crippen molar-refractivity contribution in [1.29, 1.82) is 0 Å². The van der Waals surface area contributed by atoms with Gasteiger partial charge in [0, 0.05) is 18.3 Å². The van der Waals surface area contributed by atoms with Crippen molar-refractivity contribution in [3.05, 3.63) is 65.0 Å². The molecule has 0 fully saturated rings. The number of benzene rings is 1. The van der Waals surface area contributed by atoms with Gasteiger partial charge in [0.1, 0.15) is 0 Å². The zero-order valence-electron chi connectivity index (χ0n) is 10.2. The van der Waals surface area contributed by atoms with Gasteiger partial charge in [-0.1, -0.05) is 18.2 Å². The second-order valence-corrected chi connectivity index (χ2v) is 4.07. The van der Waals surface area contributed by atoms with Crippen molar-refractivity contribution in [2.45, 2.75) is 6.42 Å². The van der Waals surface area contributed by atoms with Gasteiger partial charge in [-0.15, -0.1) is 0 Å². The van der Waals surface area contributed by atoms with Gasteiger partial charge in [0.25, 0.3) is 0 Å². The van der Waals surface area contributed by atoms with Gasteiger partial charge in [-0.25, -0.2) is 0 Å². The maximum atomic E-state index is 11.5. The van der Waals surface area contributed by atoms with Crippen LogP contribution in [0, 0.1) is 0 Å². The van der Waals surface area contributed by atoms with E-state index in [0.29, 0.717) is 12.0 Å². The molecule has 0 atom stereocenters. The Kier molecular flexibility index (Phi) is 3.56. The minimum absolute atomic E-state index is 0.140. The van der Waals surface area contributed by atoms with Crippen LogP contribution >= 0.6 is 0 Å². The van der Waals surface area contributed by atoms with E-state index in [2.05, 4.69) is 4.98 Å². The molecule has 0 spiro atoms. The first-order valence-electron chi connectivity index (χ1n) is 5.71. The number of carbonyl (C=O) groups is 2. The first-order chi connectivity index (χ1) is 9.09. The molecule has 1 aromatic carbocycles. The van der Waals surface area contributed by atoms with Crippen molar-refractivity contribution in [2.75, 3.05) is 0 Å². The summed E-state index contributed by atoms with van der Waals surface area (Å²) in [6.07, 6.45) is 2.08. The number of pyridine rings is 1. The Labute approximate surface area is 110 Å². The molecule has 1 heterocycles. The number of aromatic nitrogens is 1. The Balaban J connectivity index is 2.48. The molecule has 4 N–H and O–H groups in total. The third kappa shape index (κ3) is 2.77. The summed E-state index contributed by atoms with van der Waals surface area (Å²) in [7, 11) is 0. The minimum Gasteiger partial charge on any atom is -0.366 e. The fraction of sp³-hybridized carbons (Fsp3) is 0.0714. The smallest absolute Gasteiger partial charge is 0.249 e. The molecule has 0 aliphatic rings. The monoisotopic (exact) mass is 255 g/mol. The van der Waals surface area contributed by atoms with Crippen LogP contribution in [0.2, 0.25) is 0 Å². The highest BCUT2D eigenvalue weighted by molar-refractivity contribution is 6.07. The van der Waals surface area contributed by atoms with Gasteiger partial charge >= 0.3 is 0 Å². The lowest BCUT2D eigenvalue weighted by molar-refractivity contribution is 0.0966. The van der Waals surface area contributed by atoms with E-state index >= 15 is 0 Å². The summed E-state index contributed by atoms with van der Waals surface area (Å²) in [6.45, 7) is 0. The van der Waals surface area contributed by atoms with Crippen molar-refractivity contribution >= 4 is 11.8 Å². The maximum absolute atomic E-state index is 11.5. The number of hydrogen-bond acceptors (Lipinski definition) is 3. The molecule has 2 aromatic rings. The van der Waals surface area contributed by atoms with E-state index in [-0.39, 0.29) is 11.1 Å². The molecule has 1 aromatic heterocycles. The Morgan fingerprint density at radius 1 is 1.00 bits per heavy atom. The number of nitrogens with zero attached hydrogens (tertiary/aromatic N) is 1. The summed E-state index contributed by atoms with van der Waals surface area (Å²) >= 11 is 0. The maximum Gasteiger partial charge on any atom is 0.249 e. The fourth-order valence-electron chi connectivity index (χ4n) is 1.94. The first-order valence-corrected chi connectivity index (χ1v) is 5.71. The van der Waals surface area contributed by atoms with Crippen LogP contribution in [0.25, 0.3) is 0 Å². The minimum atomic E-state index is -0.670. The second kappa shape index (κ2) is 5.30. The normalized spacial score (nSPS) is 10.1. The predicted octanol–water partition coefficient (Wildman–Crippen LogP) is 0.870. The van der Waals surface area contributed by atoms with Crippen molar-refractivity contribution in [2.24, 2.45) is 11.5 Å². The van der Waals surface area contributed by atoms with E-state index in [9.17, 15) is 9.59 Å². The van der Waals surface area contributed by atoms with Crippen LogP contribution in [0.15, 0.2) is 42.6 Å². The molecule has 0 aliphatic heterocycles. The van der Waals surface area contributed by atoms with Crippen LogP contribution in [0.3, 0.4) is 0 Å². The van der Waals surface area contributed by atoms with Crippen molar-refractivity contribution < 1.29 is 9.59 Å². The second-order valence-electron chi connectivity index (χ2n) is 4.07. The molecule has 5 heteroatoms. The highest BCUT2D eigenvalue weighted by atomic mass is 16.2. The highest BCUT2D eigenvalue weighted by Gasteiger charge is 2.17. The van der Waals surface area contributed by atoms with Gasteiger partial charge in [-0.2, -0.15) is 0 Å². The molecule has 19 heavy (non-hydrogen) atoms. The summed E-state index contributed by atoms with van der Waals surface area (Å²) in [4.78, 5) is 27.0. The van der Waals surface area contributed by atoms with Gasteiger partial charge < -0.3 is 11.5 Å². The third-order valence-electron chi connectivity index (χ3n) is 2.76. The summed E-state index contributed by atoms with van der Waals surface area (Å²) in [5.41, 5.74) is 12.3. The number of amides is 2. The van der Waals surface area contributed by atoms with Gasteiger partial charge in [-0.05, 0) is 23.8 Å². The van der Waals surface area contributed by atoms with Gasteiger partial charge in [0.2, 0.25) is 11.8 Å². The lowest BCUT2D eigenvalue weighted by Gasteiger charge is -2.09. The quantitative estimate of drug-likeness (QED) is 0.847. The molecule has 96 valence electrons. The lowest BCUT2D eigenvalue weighted by Crippen LogP contribution is -2.22. The molecule has 2 rings (SSSR count). The van der Waals surface area contributed by atoms with Crippen LogP contribution in [-0.4, -0.2) is 16.8 Å². The van der Waals surface area contributed by atoms with Crippen LogP contribution in [0.4, 0.5) is 0 Å². The highest BCUT2D eigenvalue weighted by Crippen LogP contribution is 2.17. The number of hydrogen-bond donors (Lipinski definition) is 2. The average Bonchev–Trinajstić information content (AvgIpc) is 2.39. The predicted molar refractivity (Wildman–Crippen MR) is 70.5 cm³/mol. The van der Waals surface area contributed by atoms with Crippen LogP contribution in [0.1, 0.15) is 32.0 Å². The first kappa shape index (κ1) is 12.8. The molecule has 0 saturated heterocycles. The number of nitrogens with two attached hydrogens (primary N) is 2. The summed E-state index contributed by atoms with van der Waals surface area (Å²) in [5.74, 6) is -1.34. The Bertz CT molecular complexity index is 624. The van der Waals surface area contributed by atoms with Gasteiger partial charge in [-0.3, -0.25) is 14.6 Å². The topological polar surface area (TPSA) is 99.1 Å². The van der Waals surface area contributed by atoms with E-state index in [0.717, 1.165) is 5.69 Å². The molecule has 0 unspecified atom stereocenters. The molecule has 5 nitrogen and oxygen atoms in total. The van der Waals surface area contributed by atoms with E-state index in [1.54, 1.807) is 24.4 Å². The third-order valence-corrected chi connectivity index (χ3v) is 2.76. The Morgan fingerprint density at radius 3 is 2.37 bits per heavy atom. The zero-order chi connectivity index (χ0) is 13.8. The van der Waals surface area contributed by atoms with Gasteiger partial charge in [0.05, 0.1) is 11.1 Å². The van der Waals surface area contributed by atoms with Crippen LogP contribution in [0.5, 0.6) is 0 Å². The van der Waals surface area contributed by atoms with Crippen LogP contribution in [-0.2, 0) is 6.42 Å². The summed E-state index contributed by atoms with van der Waals surface area (Å²) in [6, 6.07) is 10.4. The Morgan fingerprint density at radius 2 is 1.79 bits per heavy atom. The van der Waals surface area contributed by atoms with Crippen molar-refractivity contribution in [3.63, 3.8) is 0 Å². The number of rotatable bonds is 4. The van der Waals surface area contributed by atoms with Crippen molar-refractivity contribution in [1.82, 2.24) is 4.98 Å². The van der Waals surface area contributed by atoms with E-state index < -0.39 is 11.8 Å². The van der Waals surface area contributed by atoms with Crippen molar-refractivity contribution in [3.8, 4) is 0 Å². The summed E-state index contributed by atoms with van der Waals surface area (Å²) < 4.78 is 0. The van der Waals surface area contributed by atoms with Gasteiger partial charge in [0.15, 0.2) is 0 Å². The van der Waals surface area contributed by atoms with E-state index in [4.69, 9.17) is 11.5 Å². The van der Waals surface area contributed by atoms with E-state index in [1.807, 2.05) is 12.1 Å². The zero-order valence-corrected chi connectivity index (χ0v) is 10.2. The average molecular weight is 255 g/mol. The molecule has 0 saturated carbocycles. The summed E-state index contributed by atoms with van der Waals surface area (Å²) in [5, 5.41) is 0. The lowest BCUT2D eigenvalue weighted by atomic mass is 9.96. The van der Waals surface area contributed by atoms with Crippen LogP contribution < -0.4 is 11.5 Å². The largest absolute Gasteiger partial charge is 0.366 e. The SMILES string of the molecule is NC(=O)c1cccc(Cc2ccccn2)c1C(N)=O. The molecule has 0 bridgehead atoms. The molecule has 2 amide bonds. The van der Waals surface area contributed by atoms with E-state index in [1.165, 1.54) is 6.07 Å². The number of carbonyl (C=O) groups excluding carboxylic acids is 2. The Hall–Kier alpha value is -2.69. The number of primary amides is 2. The molecule has 0 radical (unpaired) electrons.